The van der Waals surface area contributed by atoms with Crippen LogP contribution < -0.4 is 0 Å². The monoisotopic (exact) mass is 763 g/mol. The van der Waals surface area contributed by atoms with Crippen molar-refractivity contribution in [3.63, 3.8) is 0 Å². The highest BCUT2D eigenvalue weighted by Gasteiger charge is 2.28. The Labute approximate surface area is 337 Å². The van der Waals surface area contributed by atoms with E-state index in [1.54, 1.807) is 0 Å². The standard InChI is InChI=1S/C52H33N3O2S/c1-55-51(36-13-9-12-32(26-36)34-21-25-49-43(28-34)41-15-6-8-17-48(41)58-49)53-50(54-52(55)37-19-23-39-38-14-5-7-16-44(38)56-47(39)30-37)35-18-22-40-42-27-33(31-10-3-2-4-11-31)20-24-45(42)57-46(40)29-35/h2-30,51H,1H3. The van der Waals surface area contributed by atoms with Crippen LogP contribution in [0.4, 0.5) is 0 Å². The Morgan fingerprint density at radius 3 is 1.91 bits per heavy atom. The maximum Gasteiger partial charge on any atom is 0.159 e. The van der Waals surface area contributed by atoms with Crippen molar-refractivity contribution in [3.05, 3.63) is 193 Å². The van der Waals surface area contributed by atoms with Gasteiger partial charge in [-0.3, -0.25) is 0 Å². The third kappa shape index (κ3) is 5.30. The molecule has 0 aliphatic carbocycles. The van der Waals surface area contributed by atoms with E-state index in [0.29, 0.717) is 5.84 Å². The fraction of sp³-hybridized carbons (Fsp3) is 0.0385. The van der Waals surface area contributed by atoms with Crippen LogP contribution in [0.5, 0.6) is 0 Å². The molecule has 0 radical (unpaired) electrons. The van der Waals surface area contributed by atoms with Gasteiger partial charge in [0.15, 0.2) is 12.0 Å². The number of nitrogens with zero attached hydrogens (tertiary/aromatic N) is 3. The van der Waals surface area contributed by atoms with Crippen LogP contribution in [0.15, 0.2) is 195 Å². The second-order valence-corrected chi connectivity index (χ2v) is 16.1. The Balaban J connectivity index is 0.987. The number of hydrogen-bond acceptors (Lipinski definition) is 6. The van der Waals surface area contributed by atoms with E-state index < -0.39 is 0 Å². The largest absolute Gasteiger partial charge is 0.456 e. The summed E-state index contributed by atoms with van der Waals surface area (Å²) < 4.78 is 15.4. The molecule has 274 valence electrons. The molecule has 1 unspecified atom stereocenters. The lowest BCUT2D eigenvalue weighted by Gasteiger charge is -2.32. The number of fused-ring (bicyclic) bond motifs is 9. The van der Waals surface area contributed by atoms with Gasteiger partial charge in [-0.1, -0.05) is 109 Å². The molecule has 0 spiro atoms. The van der Waals surface area contributed by atoms with Gasteiger partial charge in [-0.25, -0.2) is 9.98 Å². The first-order chi connectivity index (χ1) is 28.6. The summed E-state index contributed by atoms with van der Waals surface area (Å²) in [6.45, 7) is 0. The summed E-state index contributed by atoms with van der Waals surface area (Å²) >= 11 is 1.84. The second kappa shape index (κ2) is 12.9. The molecule has 1 aliphatic heterocycles. The zero-order valence-electron chi connectivity index (χ0n) is 31.4. The predicted molar refractivity (Wildman–Crippen MR) is 241 cm³/mol. The van der Waals surface area contributed by atoms with Crippen molar-refractivity contribution in [3.8, 4) is 22.3 Å². The minimum absolute atomic E-state index is 0.348. The number of hydrogen-bond donors (Lipinski definition) is 0. The topological polar surface area (TPSA) is 54.2 Å². The third-order valence-electron chi connectivity index (χ3n) is 11.5. The minimum Gasteiger partial charge on any atom is -0.456 e. The number of aliphatic imine (C=N–C) groups is 2. The van der Waals surface area contributed by atoms with Crippen molar-refractivity contribution in [2.45, 2.75) is 6.17 Å². The molecule has 1 aliphatic rings. The van der Waals surface area contributed by atoms with Crippen molar-refractivity contribution < 1.29 is 8.83 Å². The van der Waals surface area contributed by atoms with Gasteiger partial charge in [0.05, 0.1) is 0 Å². The predicted octanol–water partition coefficient (Wildman–Crippen LogP) is 14.0. The van der Waals surface area contributed by atoms with Crippen LogP contribution in [0.3, 0.4) is 0 Å². The second-order valence-electron chi connectivity index (χ2n) is 15.0. The maximum atomic E-state index is 6.49. The highest BCUT2D eigenvalue weighted by atomic mass is 32.1. The number of para-hydroxylation sites is 1. The summed E-state index contributed by atoms with van der Waals surface area (Å²) in [4.78, 5) is 12.9. The van der Waals surface area contributed by atoms with E-state index in [-0.39, 0.29) is 6.17 Å². The molecule has 11 aromatic rings. The Morgan fingerprint density at radius 2 is 1.03 bits per heavy atom. The first-order valence-electron chi connectivity index (χ1n) is 19.5. The molecule has 5 nitrogen and oxygen atoms in total. The molecule has 3 aromatic heterocycles. The van der Waals surface area contributed by atoms with Crippen molar-refractivity contribution in [2.24, 2.45) is 9.98 Å². The molecular weight excluding hydrogens is 731 g/mol. The van der Waals surface area contributed by atoms with Gasteiger partial charge in [0.2, 0.25) is 0 Å². The lowest BCUT2D eigenvalue weighted by molar-refractivity contribution is 0.383. The molecule has 6 heteroatoms. The van der Waals surface area contributed by atoms with E-state index in [0.717, 1.165) is 77.5 Å². The quantitative estimate of drug-likeness (QED) is 0.175. The van der Waals surface area contributed by atoms with E-state index in [4.69, 9.17) is 18.8 Å². The van der Waals surface area contributed by atoms with E-state index >= 15 is 0 Å². The molecule has 0 bridgehead atoms. The van der Waals surface area contributed by atoms with Gasteiger partial charge in [0, 0.05) is 59.9 Å². The van der Waals surface area contributed by atoms with Crippen LogP contribution in [0.25, 0.3) is 86.3 Å². The number of amidine groups is 2. The fourth-order valence-corrected chi connectivity index (χ4v) is 9.69. The highest BCUT2D eigenvalue weighted by molar-refractivity contribution is 7.25. The third-order valence-corrected chi connectivity index (χ3v) is 12.7. The van der Waals surface area contributed by atoms with Gasteiger partial charge < -0.3 is 13.7 Å². The van der Waals surface area contributed by atoms with E-state index in [1.165, 1.54) is 31.3 Å². The number of thiophene rings is 1. The molecule has 0 saturated heterocycles. The number of furan rings is 2. The molecule has 1 atom stereocenters. The number of benzene rings is 8. The van der Waals surface area contributed by atoms with E-state index in [2.05, 4.69) is 164 Å². The van der Waals surface area contributed by atoms with Crippen LogP contribution in [-0.2, 0) is 0 Å². The van der Waals surface area contributed by atoms with Crippen LogP contribution in [0, 0.1) is 0 Å². The van der Waals surface area contributed by atoms with Gasteiger partial charge in [-0.2, -0.15) is 0 Å². The number of rotatable bonds is 5. The molecule has 0 amide bonds. The first kappa shape index (κ1) is 32.9. The maximum absolute atomic E-state index is 6.49. The zero-order valence-corrected chi connectivity index (χ0v) is 32.2. The Bertz CT molecular complexity index is 3500. The molecule has 8 aromatic carbocycles. The fourth-order valence-electron chi connectivity index (χ4n) is 8.61. The molecule has 0 fully saturated rings. The van der Waals surface area contributed by atoms with Gasteiger partial charge in [-0.05, 0) is 94.5 Å². The lowest BCUT2D eigenvalue weighted by atomic mass is 9.99. The molecule has 0 saturated carbocycles. The summed E-state index contributed by atoms with van der Waals surface area (Å²) in [5.41, 5.74) is 10.9. The zero-order chi connectivity index (χ0) is 38.3. The average Bonchev–Trinajstić information content (AvgIpc) is 3.97. The molecule has 4 heterocycles. The first-order valence-corrected chi connectivity index (χ1v) is 20.3. The summed E-state index contributed by atoms with van der Waals surface area (Å²) in [6.07, 6.45) is -0.348. The van der Waals surface area contributed by atoms with Gasteiger partial charge in [0.1, 0.15) is 28.2 Å². The van der Waals surface area contributed by atoms with Crippen molar-refractivity contribution in [2.75, 3.05) is 7.05 Å². The summed E-state index contributed by atoms with van der Waals surface area (Å²) in [7, 11) is 2.08. The molecule has 58 heavy (non-hydrogen) atoms. The SMILES string of the molecule is CN1C(c2ccc3c(c2)oc2ccccc23)=NC(c2ccc3c(c2)oc2ccc(-c4ccccc4)cc23)=NC1c1cccc(-c2ccc3sc4ccccc4c3c2)c1. The van der Waals surface area contributed by atoms with Crippen molar-refractivity contribution >= 4 is 87.1 Å². The van der Waals surface area contributed by atoms with Crippen LogP contribution >= 0.6 is 11.3 Å². The molecule has 12 rings (SSSR count). The van der Waals surface area contributed by atoms with Gasteiger partial charge >= 0.3 is 0 Å². The Kier molecular flexibility index (Phi) is 7.31. The van der Waals surface area contributed by atoms with E-state index in [1.807, 2.05) is 35.6 Å². The van der Waals surface area contributed by atoms with E-state index in [9.17, 15) is 0 Å². The van der Waals surface area contributed by atoms with Crippen molar-refractivity contribution in [1.82, 2.24) is 4.90 Å². The van der Waals surface area contributed by atoms with Gasteiger partial charge in [0.25, 0.3) is 0 Å². The molecular formula is C52H33N3O2S. The Hall–Kier alpha value is -7.28. The molecule has 0 N–H and O–H groups in total. The summed E-state index contributed by atoms with van der Waals surface area (Å²) in [6, 6.07) is 62.0. The van der Waals surface area contributed by atoms with Crippen LogP contribution in [-0.4, -0.2) is 23.6 Å². The normalized spacial score (nSPS) is 14.6. The average molecular weight is 764 g/mol. The summed E-state index contributed by atoms with van der Waals surface area (Å²) in [5, 5.41) is 6.90. The highest BCUT2D eigenvalue weighted by Crippen LogP contribution is 2.39. The summed E-state index contributed by atoms with van der Waals surface area (Å²) in [5.74, 6) is 1.46. The lowest BCUT2D eigenvalue weighted by Crippen LogP contribution is -2.35. The van der Waals surface area contributed by atoms with Gasteiger partial charge in [-0.15, -0.1) is 11.3 Å². The van der Waals surface area contributed by atoms with Crippen LogP contribution in [0.2, 0.25) is 0 Å². The smallest absolute Gasteiger partial charge is 0.159 e. The van der Waals surface area contributed by atoms with Crippen molar-refractivity contribution in [1.29, 1.82) is 0 Å². The van der Waals surface area contributed by atoms with Crippen LogP contribution in [0.1, 0.15) is 22.9 Å². The Morgan fingerprint density at radius 1 is 0.431 bits per heavy atom. The minimum atomic E-state index is -0.348.